The molecule has 2 N–H and O–H groups in total. The number of benzene rings is 1. The summed E-state index contributed by atoms with van der Waals surface area (Å²) in [5.74, 6) is 0.613. The molecule has 2 rings (SSSR count). The zero-order valence-corrected chi connectivity index (χ0v) is 12.2. The molecule has 1 aromatic rings. The smallest absolute Gasteiger partial charge is 0.151 e. The highest BCUT2D eigenvalue weighted by Gasteiger charge is 2.31. The van der Waals surface area contributed by atoms with E-state index >= 15 is 0 Å². The van der Waals surface area contributed by atoms with Gasteiger partial charge in [0.05, 0.1) is 11.5 Å². The molecule has 1 saturated heterocycles. The molecule has 5 heteroatoms. The molecule has 0 aromatic heterocycles. The normalized spacial score (nSPS) is 21.9. The van der Waals surface area contributed by atoms with E-state index in [-0.39, 0.29) is 6.04 Å². The zero-order chi connectivity index (χ0) is 13.9. The molecule has 19 heavy (non-hydrogen) atoms. The summed E-state index contributed by atoms with van der Waals surface area (Å²) in [4.78, 5) is 2.26. The molecule has 0 radical (unpaired) electrons. The summed E-state index contributed by atoms with van der Waals surface area (Å²) >= 11 is 0. The monoisotopic (exact) mass is 282 g/mol. The summed E-state index contributed by atoms with van der Waals surface area (Å²) in [5.41, 5.74) is 7.84. The Morgan fingerprint density at radius 2 is 2.11 bits per heavy atom. The van der Waals surface area contributed by atoms with Crippen LogP contribution in [0, 0.1) is 0 Å². The van der Waals surface area contributed by atoms with Gasteiger partial charge in [-0.25, -0.2) is 8.42 Å². The van der Waals surface area contributed by atoms with Gasteiger partial charge in [-0.1, -0.05) is 25.1 Å². The molecule has 1 unspecified atom stereocenters. The number of hydrogen-bond donors (Lipinski definition) is 1. The molecule has 1 aromatic carbocycles. The van der Waals surface area contributed by atoms with E-state index in [1.54, 1.807) is 0 Å². The first-order valence-electron chi connectivity index (χ1n) is 6.79. The molecular weight excluding hydrogens is 260 g/mol. The van der Waals surface area contributed by atoms with Crippen molar-refractivity contribution < 1.29 is 8.42 Å². The number of anilines is 1. The van der Waals surface area contributed by atoms with E-state index in [1.165, 1.54) is 0 Å². The van der Waals surface area contributed by atoms with Gasteiger partial charge >= 0.3 is 0 Å². The lowest BCUT2D eigenvalue weighted by molar-refractivity contribution is 0.204. The molecule has 0 bridgehead atoms. The molecule has 1 heterocycles. The van der Waals surface area contributed by atoms with Crippen LogP contribution < -0.4 is 5.73 Å². The van der Waals surface area contributed by atoms with Gasteiger partial charge in [0.15, 0.2) is 9.84 Å². The molecule has 4 nitrogen and oxygen atoms in total. The Morgan fingerprint density at radius 3 is 2.68 bits per heavy atom. The maximum absolute atomic E-state index is 11.6. The molecule has 0 saturated carbocycles. The largest absolute Gasteiger partial charge is 0.398 e. The second-order valence-corrected chi connectivity index (χ2v) is 7.45. The van der Waals surface area contributed by atoms with Crippen molar-refractivity contribution in [3.8, 4) is 0 Å². The third-order valence-electron chi connectivity index (χ3n) is 3.66. The van der Waals surface area contributed by atoms with Gasteiger partial charge in [0.25, 0.3) is 0 Å². The number of rotatable bonds is 5. The topological polar surface area (TPSA) is 63.4 Å². The predicted molar refractivity (Wildman–Crippen MR) is 78.6 cm³/mol. The molecule has 0 spiro atoms. The van der Waals surface area contributed by atoms with Crippen LogP contribution in [0.25, 0.3) is 0 Å². The van der Waals surface area contributed by atoms with Crippen LogP contribution in [-0.2, 0) is 16.4 Å². The van der Waals surface area contributed by atoms with Crippen LogP contribution in [0.15, 0.2) is 24.3 Å². The molecule has 106 valence electrons. The van der Waals surface area contributed by atoms with Gasteiger partial charge in [-0.2, -0.15) is 0 Å². The lowest BCUT2D eigenvalue weighted by atomic mass is 10.1. The quantitative estimate of drug-likeness (QED) is 0.834. The van der Waals surface area contributed by atoms with Crippen molar-refractivity contribution in [1.29, 1.82) is 0 Å². The number of nitrogens with two attached hydrogens (primary N) is 1. The van der Waals surface area contributed by atoms with E-state index in [9.17, 15) is 8.42 Å². The minimum atomic E-state index is -2.83. The van der Waals surface area contributed by atoms with Crippen molar-refractivity contribution in [3.63, 3.8) is 0 Å². The van der Waals surface area contributed by atoms with E-state index in [4.69, 9.17) is 5.73 Å². The molecular formula is C14H22N2O2S. The van der Waals surface area contributed by atoms with Crippen molar-refractivity contribution in [2.24, 2.45) is 0 Å². The maximum Gasteiger partial charge on any atom is 0.151 e. The second kappa shape index (κ2) is 5.92. The standard InChI is InChI=1S/C14H22N2O2S/c1-2-8-16(13-7-9-19(17,18)11-13)10-12-5-3-4-6-14(12)15/h3-6,13H,2,7-11,15H2,1H3. The van der Waals surface area contributed by atoms with Gasteiger partial charge in [0, 0.05) is 18.3 Å². The fourth-order valence-corrected chi connectivity index (χ4v) is 4.40. The van der Waals surface area contributed by atoms with Gasteiger partial charge in [0.1, 0.15) is 0 Å². The predicted octanol–water partition coefficient (Wildman–Crippen LogP) is 1.67. The van der Waals surface area contributed by atoms with Crippen LogP contribution in [0.3, 0.4) is 0 Å². The second-order valence-electron chi connectivity index (χ2n) is 5.23. The lowest BCUT2D eigenvalue weighted by Gasteiger charge is -2.28. The van der Waals surface area contributed by atoms with Gasteiger partial charge in [-0.3, -0.25) is 4.90 Å². The van der Waals surface area contributed by atoms with Crippen molar-refractivity contribution in [1.82, 2.24) is 4.90 Å². The van der Waals surface area contributed by atoms with Crippen LogP contribution in [0.5, 0.6) is 0 Å². The molecule has 1 atom stereocenters. The highest BCUT2D eigenvalue weighted by atomic mass is 32.2. The number of sulfone groups is 1. The van der Waals surface area contributed by atoms with Crippen LogP contribution >= 0.6 is 0 Å². The van der Waals surface area contributed by atoms with Crippen molar-refractivity contribution in [2.45, 2.75) is 32.4 Å². The first-order valence-corrected chi connectivity index (χ1v) is 8.62. The number of para-hydroxylation sites is 1. The van der Waals surface area contributed by atoms with Crippen LogP contribution in [0.4, 0.5) is 5.69 Å². The van der Waals surface area contributed by atoms with E-state index in [0.29, 0.717) is 11.5 Å². The Bertz CT molecular complexity index is 528. The molecule has 0 amide bonds. The van der Waals surface area contributed by atoms with Crippen LogP contribution in [-0.4, -0.2) is 37.4 Å². The maximum atomic E-state index is 11.6. The highest BCUT2D eigenvalue weighted by Crippen LogP contribution is 2.22. The summed E-state index contributed by atoms with van der Waals surface area (Å²) in [5, 5.41) is 0. The number of hydrogen-bond acceptors (Lipinski definition) is 4. The lowest BCUT2D eigenvalue weighted by Crippen LogP contribution is -2.36. The van der Waals surface area contributed by atoms with E-state index in [0.717, 1.165) is 37.2 Å². The van der Waals surface area contributed by atoms with Gasteiger partial charge < -0.3 is 5.73 Å². The fraction of sp³-hybridized carbons (Fsp3) is 0.571. The average molecular weight is 282 g/mol. The van der Waals surface area contributed by atoms with Crippen LogP contribution in [0.1, 0.15) is 25.3 Å². The Hall–Kier alpha value is -1.07. The minimum Gasteiger partial charge on any atom is -0.398 e. The number of nitrogens with zero attached hydrogens (tertiary/aromatic N) is 1. The van der Waals surface area contributed by atoms with E-state index < -0.39 is 9.84 Å². The zero-order valence-electron chi connectivity index (χ0n) is 11.4. The first-order chi connectivity index (χ1) is 9.02. The van der Waals surface area contributed by atoms with Gasteiger partial charge in [-0.15, -0.1) is 0 Å². The Kier molecular flexibility index (Phi) is 4.47. The van der Waals surface area contributed by atoms with Gasteiger partial charge in [0.2, 0.25) is 0 Å². The minimum absolute atomic E-state index is 0.143. The van der Waals surface area contributed by atoms with Gasteiger partial charge in [-0.05, 0) is 31.0 Å². The molecule has 1 fully saturated rings. The van der Waals surface area contributed by atoms with Crippen molar-refractivity contribution in [2.75, 3.05) is 23.8 Å². The van der Waals surface area contributed by atoms with E-state index in [2.05, 4.69) is 11.8 Å². The van der Waals surface area contributed by atoms with Crippen LogP contribution in [0.2, 0.25) is 0 Å². The summed E-state index contributed by atoms with van der Waals surface area (Å²) in [6.45, 7) is 3.76. The highest BCUT2D eigenvalue weighted by molar-refractivity contribution is 7.91. The van der Waals surface area contributed by atoms with Crippen molar-refractivity contribution in [3.05, 3.63) is 29.8 Å². The Labute approximate surface area is 115 Å². The third-order valence-corrected chi connectivity index (χ3v) is 5.41. The average Bonchev–Trinajstić information content (AvgIpc) is 2.72. The molecule has 0 aliphatic carbocycles. The first kappa shape index (κ1) is 14.3. The summed E-state index contributed by atoms with van der Waals surface area (Å²) < 4.78 is 23.2. The van der Waals surface area contributed by atoms with E-state index in [1.807, 2.05) is 24.3 Å². The summed E-state index contributed by atoms with van der Waals surface area (Å²) in [6, 6.07) is 7.95. The van der Waals surface area contributed by atoms with Crippen molar-refractivity contribution >= 4 is 15.5 Å². The summed E-state index contributed by atoms with van der Waals surface area (Å²) in [6.07, 6.45) is 1.76. The number of nitrogen functional groups attached to an aromatic ring is 1. The Morgan fingerprint density at radius 1 is 1.37 bits per heavy atom. The molecule has 1 aliphatic rings. The SMILES string of the molecule is CCCN(Cc1ccccc1N)C1CCS(=O)(=O)C1. The fourth-order valence-electron chi connectivity index (χ4n) is 2.64. The molecule has 1 aliphatic heterocycles. The summed E-state index contributed by atoms with van der Waals surface area (Å²) in [7, 11) is -2.83. The third kappa shape index (κ3) is 3.70. The Balaban J connectivity index is 2.11.